The van der Waals surface area contributed by atoms with Crippen molar-refractivity contribution >= 4 is 37.7 Å². The second-order valence-corrected chi connectivity index (χ2v) is 11.6. The van der Waals surface area contributed by atoms with Crippen molar-refractivity contribution in [1.29, 1.82) is 0 Å². The van der Waals surface area contributed by atoms with Gasteiger partial charge in [0.05, 0.1) is 16.2 Å². The summed E-state index contributed by atoms with van der Waals surface area (Å²) in [5.41, 5.74) is 4.57. The number of aryl methyl sites for hydroxylation is 1. The maximum atomic E-state index is 13.5. The van der Waals surface area contributed by atoms with Crippen molar-refractivity contribution in [2.45, 2.75) is 37.6 Å². The van der Waals surface area contributed by atoms with Gasteiger partial charge in [0, 0.05) is 28.6 Å². The van der Waals surface area contributed by atoms with Gasteiger partial charge in [-0.25, -0.2) is 13.4 Å². The first-order chi connectivity index (χ1) is 16.8. The second-order valence-electron chi connectivity index (χ2n) is 9.35. The Morgan fingerprint density at radius 3 is 2.69 bits per heavy atom. The number of aromatic amines is 1. The number of fused-ring (bicyclic) bond motifs is 3. The molecule has 0 saturated carbocycles. The largest absolute Gasteiger partial charge is 0.349 e. The number of nitrogens with zero attached hydrogens (tertiary/aromatic N) is 2. The van der Waals surface area contributed by atoms with E-state index in [9.17, 15) is 13.2 Å². The van der Waals surface area contributed by atoms with E-state index in [2.05, 4.69) is 27.2 Å². The molecule has 2 aromatic carbocycles. The Morgan fingerprint density at radius 2 is 1.94 bits per heavy atom. The molecular formula is C27H30N4O3S. The zero-order valence-corrected chi connectivity index (χ0v) is 21.1. The molecule has 0 atom stereocenters. The number of pyridine rings is 1. The van der Waals surface area contributed by atoms with Gasteiger partial charge in [-0.15, -0.1) is 0 Å². The molecular weight excluding hydrogens is 460 g/mol. The predicted octanol–water partition coefficient (Wildman–Crippen LogP) is 4.31. The van der Waals surface area contributed by atoms with Gasteiger partial charge in [-0.2, -0.15) is 0 Å². The minimum Gasteiger partial charge on any atom is -0.349 e. The number of amides is 1. The average molecular weight is 491 g/mol. The summed E-state index contributed by atoms with van der Waals surface area (Å²) >= 11 is 0. The van der Waals surface area contributed by atoms with Gasteiger partial charge in [-0.05, 0) is 86.9 Å². The Balaban J connectivity index is 1.69. The van der Waals surface area contributed by atoms with Gasteiger partial charge < -0.3 is 15.2 Å². The lowest BCUT2D eigenvalue weighted by Crippen LogP contribution is -2.43. The number of H-pyrrole nitrogens is 1. The third kappa shape index (κ3) is 4.32. The van der Waals surface area contributed by atoms with E-state index >= 15 is 0 Å². The molecule has 0 aliphatic carbocycles. The summed E-state index contributed by atoms with van der Waals surface area (Å²) in [6, 6.07) is 12.9. The smallest absolute Gasteiger partial charge is 0.251 e. The molecule has 1 fully saturated rings. The number of benzene rings is 2. The number of piperidine rings is 1. The number of carbonyl (C=O) groups is 1. The van der Waals surface area contributed by atoms with Crippen LogP contribution in [-0.2, 0) is 9.84 Å². The van der Waals surface area contributed by atoms with Crippen LogP contribution in [0.2, 0.25) is 0 Å². The first-order valence-electron chi connectivity index (χ1n) is 12.0. The van der Waals surface area contributed by atoms with Gasteiger partial charge in [0.15, 0.2) is 9.84 Å². The highest BCUT2D eigenvalue weighted by Crippen LogP contribution is 2.38. The number of hydrogen-bond acceptors (Lipinski definition) is 5. The normalized spacial score (nSPS) is 15.6. The molecule has 0 spiro atoms. The molecule has 35 heavy (non-hydrogen) atoms. The second kappa shape index (κ2) is 9.09. The number of likely N-dealkylation sites (tertiary alicyclic amines) is 1. The molecule has 7 nitrogen and oxygen atoms in total. The van der Waals surface area contributed by atoms with Crippen LogP contribution in [0.25, 0.3) is 33.1 Å². The van der Waals surface area contributed by atoms with Crippen LogP contribution < -0.4 is 5.32 Å². The van der Waals surface area contributed by atoms with Crippen LogP contribution in [0, 0.1) is 6.92 Å². The first kappa shape index (κ1) is 23.5. The van der Waals surface area contributed by atoms with Crippen molar-refractivity contribution in [2.75, 3.05) is 25.9 Å². The third-order valence-corrected chi connectivity index (χ3v) is 8.82. The molecule has 0 unspecified atom stereocenters. The Hall–Kier alpha value is -3.23. The minimum absolute atomic E-state index is 0.0288. The molecule has 1 aliphatic heterocycles. The van der Waals surface area contributed by atoms with Crippen molar-refractivity contribution in [3.8, 4) is 11.1 Å². The van der Waals surface area contributed by atoms with Gasteiger partial charge >= 0.3 is 0 Å². The van der Waals surface area contributed by atoms with Crippen LogP contribution in [-0.4, -0.2) is 61.1 Å². The number of aromatic nitrogens is 2. The van der Waals surface area contributed by atoms with Crippen LogP contribution in [0.1, 0.15) is 35.7 Å². The topological polar surface area (TPSA) is 95.2 Å². The van der Waals surface area contributed by atoms with E-state index in [1.807, 2.05) is 31.2 Å². The summed E-state index contributed by atoms with van der Waals surface area (Å²) in [6.07, 6.45) is 3.57. The highest BCUT2D eigenvalue weighted by atomic mass is 32.2. The van der Waals surface area contributed by atoms with E-state index in [0.717, 1.165) is 64.6 Å². The van der Waals surface area contributed by atoms with Gasteiger partial charge in [-0.3, -0.25) is 4.79 Å². The zero-order valence-electron chi connectivity index (χ0n) is 20.3. The molecule has 0 radical (unpaired) electrons. The van der Waals surface area contributed by atoms with Gasteiger partial charge in [0.25, 0.3) is 5.91 Å². The van der Waals surface area contributed by atoms with Crippen molar-refractivity contribution < 1.29 is 13.2 Å². The average Bonchev–Trinajstić information content (AvgIpc) is 3.26. The van der Waals surface area contributed by atoms with Crippen LogP contribution in [0.5, 0.6) is 0 Å². The molecule has 8 heteroatoms. The third-order valence-electron chi connectivity index (χ3n) is 7.09. The molecule has 1 saturated heterocycles. The lowest BCUT2D eigenvalue weighted by atomic mass is 9.93. The quantitative estimate of drug-likeness (QED) is 0.435. The Morgan fingerprint density at radius 1 is 1.17 bits per heavy atom. The van der Waals surface area contributed by atoms with Crippen LogP contribution in [0.3, 0.4) is 0 Å². The van der Waals surface area contributed by atoms with Crippen molar-refractivity contribution in [3.63, 3.8) is 0 Å². The molecule has 5 rings (SSSR count). The predicted molar refractivity (Wildman–Crippen MR) is 139 cm³/mol. The van der Waals surface area contributed by atoms with Gasteiger partial charge in [0.1, 0.15) is 5.65 Å². The number of carbonyl (C=O) groups excluding carboxylic acids is 1. The monoisotopic (exact) mass is 490 g/mol. The van der Waals surface area contributed by atoms with Crippen LogP contribution in [0.4, 0.5) is 0 Å². The van der Waals surface area contributed by atoms with Gasteiger partial charge in [0.2, 0.25) is 0 Å². The molecule has 2 aromatic heterocycles. The Labute approximate surface area is 205 Å². The summed E-state index contributed by atoms with van der Waals surface area (Å²) in [5, 5.41) is 5.10. The van der Waals surface area contributed by atoms with Crippen molar-refractivity contribution in [2.24, 2.45) is 0 Å². The Kier molecular flexibility index (Phi) is 6.11. The van der Waals surface area contributed by atoms with Gasteiger partial charge in [-0.1, -0.05) is 19.1 Å². The van der Waals surface area contributed by atoms with E-state index in [0.29, 0.717) is 5.56 Å². The molecule has 1 amide bonds. The fourth-order valence-electron chi connectivity index (χ4n) is 4.95. The highest BCUT2D eigenvalue weighted by Gasteiger charge is 2.24. The standard InChI is InChI=1S/C27H30N4O3S/c1-4-35(33,34)20-8-5-7-18(15-20)23-16-22(27(32)29-19-10-13-31(3)14-11-19)17(2)25-24(23)21-9-6-12-28-26(21)30-25/h5-9,12,15-16,19H,4,10-11,13-14H2,1-3H3,(H,28,30)(H,29,32). The number of nitrogens with one attached hydrogen (secondary N) is 2. The number of hydrogen-bond donors (Lipinski definition) is 2. The molecule has 2 N–H and O–H groups in total. The number of sulfone groups is 1. The van der Waals surface area contributed by atoms with Crippen LogP contribution >= 0.6 is 0 Å². The lowest BCUT2D eigenvalue weighted by molar-refractivity contribution is 0.0916. The molecule has 3 heterocycles. The summed E-state index contributed by atoms with van der Waals surface area (Å²) in [7, 11) is -1.28. The highest BCUT2D eigenvalue weighted by molar-refractivity contribution is 7.91. The SMILES string of the molecule is CCS(=O)(=O)c1cccc(-c2cc(C(=O)NC3CCN(C)CC3)c(C)c3[nH]c4ncccc4c23)c1. The molecule has 182 valence electrons. The zero-order chi connectivity index (χ0) is 24.7. The molecule has 4 aromatic rings. The summed E-state index contributed by atoms with van der Waals surface area (Å²) in [4.78, 5) is 23.9. The van der Waals surface area contributed by atoms with Crippen LogP contribution in [0.15, 0.2) is 53.6 Å². The van der Waals surface area contributed by atoms with Crippen molar-refractivity contribution in [1.82, 2.24) is 20.2 Å². The fraction of sp³-hybridized carbons (Fsp3) is 0.333. The fourth-order valence-corrected chi connectivity index (χ4v) is 5.87. The van der Waals surface area contributed by atoms with E-state index in [-0.39, 0.29) is 22.6 Å². The van der Waals surface area contributed by atoms with E-state index in [1.54, 1.807) is 31.3 Å². The lowest BCUT2D eigenvalue weighted by Gasteiger charge is -2.29. The minimum atomic E-state index is -3.37. The first-order valence-corrected chi connectivity index (χ1v) is 13.7. The summed E-state index contributed by atoms with van der Waals surface area (Å²) < 4.78 is 25.2. The Bertz CT molecular complexity index is 1530. The molecule has 1 aliphatic rings. The van der Waals surface area contributed by atoms with E-state index in [1.165, 1.54) is 0 Å². The molecule has 0 bridgehead atoms. The van der Waals surface area contributed by atoms with Crippen molar-refractivity contribution in [3.05, 3.63) is 59.8 Å². The maximum Gasteiger partial charge on any atom is 0.251 e. The summed E-state index contributed by atoms with van der Waals surface area (Å²) in [5.74, 6) is -0.0785. The van der Waals surface area contributed by atoms with E-state index < -0.39 is 9.84 Å². The maximum absolute atomic E-state index is 13.5. The number of rotatable bonds is 5. The van der Waals surface area contributed by atoms with E-state index in [4.69, 9.17) is 0 Å². The summed E-state index contributed by atoms with van der Waals surface area (Å²) in [6.45, 7) is 5.51.